The van der Waals surface area contributed by atoms with E-state index in [4.69, 9.17) is 0 Å². The van der Waals surface area contributed by atoms with Gasteiger partial charge in [0.25, 0.3) is 0 Å². The summed E-state index contributed by atoms with van der Waals surface area (Å²) in [5.41, 5.74) is 0. The molecule has 1 aromatic rings. The van der Waals surface area contributed by atoms with Crippen LogP contribution in [-0.4, -0.2) is 17.8 Å². The summed E-state index contributed by atoms with van der Waals surface area (Å²) in [7, 11) is 0. The second-order valence-corrected chi connectivity index (χ2v) is 3.46. The molecule has 13 heavy (non-hydrogen) atoms. The second kappa shape index (κ2) is 4.12. The van der Waals surface area contributed by atoms with Crippen LogP contribution in [0, 0.1) is 3.57 Å². The average molecular weight is 303 g/mol. The normalized spacial score (nSPS) is 11.4. The number of halogens is 4. The van der Waals surface area contributed by atoms with Crippen molar-refractivity contribution in [2.75, 3.05) is 6.61 Å². The third kappa shape index (κ3) is 4.30. The molecule has 0 aliphatic rings. The van der Waals surface area contributed by atoms with Gasteiger partial charge in [0, 0.05) is 15.8 Å². The lowest BCUT2D eigenvalue weighted by Gasteiger charge is -2.07. The van der Waals surface area contributed by atoms with Crippen LogP contribution in [0.3, 0.4) is 0 Å². The number of aromatic nitrogens is 1. The average Bonchev–Trinajstić information content (AvgIpc) is 2.02. The molecule has 0 aromatic carbocycles. The summed E-state index contributed by atoms with van der Waals surface area (Å²) in [4.78, 5) is 3.65. The summed E-state index contributed by atoms with van der Waals surface area (Å²) in [6.45, 7) is -1.30. The molecule has 1 rings (SSSR count). The number of ether oxygens (including phenoxy) is 1. The lowest BCUT2D eigenvalue weighted by Crippen LogP contribution is -2.19. The number of alkyl halides is 3. The molecule has 0 bridgehead atoms. The SMILES string of the molecule is FC(F)(F)COc1ccc(I)cn1. The van der Waals surface area contributed by atoms with E-state index in [2.05, 4.69) is 9.72 Å². The maximum atomic E-state index is 11.7. The van der Waals surface area contributed by atoms with Crippen molar-refractivity contribution >= 4 is 22.6 Å². The molecule has 2 nitrogen and oxygen atoms in total. The first-order chi connectivity index (χ1) is 5.97. The summed E-state index contributed by atoms with van der Waals surface area (Å²) >= 11 is 2.00. The number of hydrogen-bond donors (Lipinski definition) is 0. The van der Waals surface area contributed by atoms with Crippen molar-refractivity contribution in [2.24, 2.45) is 0 Å². The van der Waals surface area contributed by atoms with Gasteiger partial charge in [-0.25, -0.2) is 4.98 Å². The standard InChI is InChI=1S/C7H5F3INO/c8-7(9,10)4-13-6-2-1-5(11)3-12-6/h1-3H,4H2. The summed E-state index contributed by atoms with van der Waals surface area (Å²) < 4.78 is 40.2. The zero-order valence-electron chi connectivity index (χ0n) is 6.31. The Bertz CT molecular complexity index is 272. The van der Waals surface area contributed by atoms with Crippen molar-refractivity contribution in [3.63, 3.8) is 0 Å². The highest BCUT2D eigenvalue weighted by Crippen LogP contribution is 2.17. The van der Waals surface area contributed by atoms with E-state index in [1.54, 1.807) is 6.07 Å². The van der Waals surface area contributed by atoms with Crippen LogP contribution in [0.1, 0.15) is 0 Å². The molecule has 0 saturated carbocycles. The van der Waals surface area contributed by atoms with Crippen molar-refractivity contribution in [3.05, 3.63) is 21.9 Å². The topological polar surface area (TPSA) is 22.1 Å². The Morgan fingerprint density at radius 3 is 2.54 bits per heavy atom. The van der Waals surface area contributed by atoms with Gasteiger partial charge in [0.05, 0.1) is 0 Å². The predicted molar refractivity (Wildman–Crippen MR) is 48.5 cm³/mol. The van der Waals surface area contributed by atoms with E-state index in [0.717, 1.165) is 3.57 Å². The van der Waals surface area contributed by atoms with E-state index in [0.29, 0.717) is 0 Å². The smallest absolute Gasteiger partial charge is 0.422 e. The van der Waals surface area contributed by atoms with Gasteiger partial charge in [-0.05, 0) is 28.7 Å². The minimum absolute atomic E-state index is 0.0160. The van der Waals surface area contributed by atoms with Crippen LogP contribution in [-0.2, 0) is 0 Å². The van der Waals surface area contributed by atoms with Gasteiger partial charge >= 0.3 is 6.18 Å². The van der Waals surface area contributed by atoms with Gasteiger partial charge in [0.1, 0.15) is 0 Å². The lowest BCUT2D eigenvalue weighted by molar-refractivity contribution is -0.154. The van der Waals surface area contributed by atoms with Gasteiger partial charge in [-0.2, -0.15) is 13.2 Å². The summed E-state index contributed by atoms with van der Waals surface area (Å²) in [5, 5.41) is 0. The molecule has 0 fully saturated rings. The molecule has 1 aromatic heterocycles. The van der Waals surface area contributed by atoms with E-state index < -0.39 is 12.8 Å². The Hall–Kier alpha value is -0.530. The molecule has 0 aliphatic carbocycles. The van der Waals surface area contributed by atoms with E-state index in [-0.39, 0.29) is 5.88 Å². The molecule has 0 radical (unpaired) electrons. The third-order valence-corrected chi connectivity index (χ3v) is 1.72. The summed E-state index contributed by atoms with van der Waals surface area (Å²) in [6.07, 6.45) is -2.88. The van der Waals surface area contributed by atoms with E-state index in [9.17, 15) is 13.2 Å². The number of nitrogens with zero attached hydrogens (tertiary/aromatic N) is 1. The van der Waals surface area contributed by atoms with Gasteiger partial charge in [0.2, 0.25) is 5.88 Å². The fourth-order valence-electron chi connectivity index (χ4n) is 0.603. The van der Waals surface area contributed by atoms with Gasteiger partial charge in [-0.15, -0.1) is 0 Å². The predicted octanol–water partition coefficient (Wildman–Crippen LogP) is 2.63. The van der Waals surface area contributed by atoms with Crippen molar-refractivity contribution in [1.29, 1.82) is 0 Å². The monoisotopic (exact) mass is 303 g/mol. The summed E-state index contributed by atoms with van der Waals surface area (Å²) in [5.74, 6) is -0.0160. The van der Waals surface area contributed by atoms with Gasteiger partial charge < -0.3 is 4.74 Å². The van der Waals surface area contributed by atoms with Crippen LogP contribution in [0.15, 0.2) is 18.3 Å². The first-order valence-electron chi connectivity index (χ1n) is 3.28. The van der Waals surface area contributed by atoms with Gasteiger partial charge in [0.15, 0.2) is 6.61 Å². The molecular weight excluding hydrogens is 298 g/mol. The summed E-state index contributed by atoms with van der Waals surface area (Å²) in [6, 6.07) is 3.02. The first-order valence-corrected chi connectivity index (χ1v) is 4.36. The second-order valence-electron chi connectivity index (χ2n) is 2.22. The molecule has 0 spiro atoms. The highest BCUT2D eigenvalue weighted by atomic mass is 127. The van der Waals surface area contributed by atoms with Crippen LogP contribution in [0.2, 0.25) is 0 Å². The van der Waals surface area contributed by atoms with E-state index in [1.165, 1.54) is 12.3 Å². The molecular formula is C7H5F3INO. The molecule has 0 atom stereocenters. The molecule has 0 saturated heterocycles. The Morgan fingerprint density at radius 1 is 1.38 bits per heavy atom. The molecule has 0 amide bonds. The number of pyridine rings is 1. The van der Waals surface area contributed by atoms with Crippen LogP contribution < -0.4 is 4.74 Å². The van der Waals surface area contributed by atoms with Crippen LogP contribution in [0.5, 0.6) is 5.88 Å². The highest BCUT2D eigenvalue weighted by Gasteiger charge is 2.28. The molecule has 72 valence electrons. The van der Waals surface area contributed by atoms with Crippen LogP contribution >= 0.6 is 22.6 Å². The maximum Gasteiger partial charge on any atom is 0.422 e. The Kier molecular flexibility index (Phi) is 3.34. The fraction of sp³-hybridized carbons (Fsp3) is 0.286. The van der Waals surface area contributed by atoms with E-state index in [1.807, 2.05) is 22.6 Å². The molecule has 0 unspecified atom stereocenters. The molecule has 0 N–H and O–H groups in total. The first kappa shape index (κ1) is 10.6. The van der Waals surface area contributed by atoms with Crippen LogP contribution in [0.25, 0.3) is 0 Å². The minimum atomic E-state index is -4.31. The minimum Gasteiger partial charge on any atom is -0.468 e. The lowest BCUT2D eigenvalue weighted by atomic mass is 10.5. The largest absolute Gasteiger partial charge is 0.468 e. The van der Waals surface area contributed by atoms with Crippen molar-refractivity contribution in [3.8, 4) is 5.88 Å². The van der Waals surface area contributed by atoms with Crippen LogP contribution in [0.4, 0.5) is 13.2 Å². The molecule has 6 heteroatoms. The quantitative estimate of drug-likeness (QED) is 0.784. The fourth-order valence-corrected chi connectivity index (χ4v) is 0.922. The van der Waals surface area contributed by atoms with Gasteiger partial charge in [-0.1, -0.05) is 0 Å². The third-order valence-electron chi connectivity index (χ3n) is 1.08. The van der Waals surface area contributed by atoms with Gasteiger partial charge in [-0.3, -0.25) is 0 Å². The number of rotatable bonds is 2. The Balaban J connectivity index is 2.51. The highest BCUT2D eigenvalue weighted by molar-refractivity contribution is 14.1. The Morgan fingerprint density at radius 2 is 2.08 bits per heavy atom. The molecule has 1 heterocycles. The Labute approximate surface area is 86.3 Å². The molecule has 0 aliphatic heterocycles. The van der Waals surface area contributed by atoms with Crippen molar-refractivity contribution in [1.82, 2.24) is 4.98 Å². The maximum absolute atomic E-state index is 11.7. The van der Waals surface area contributed by atoms with E-state index >= 15 is 0 Å². The zero-order valence-corrected chi connectivity index (χ0v) is 8.46. The van der Waals surface area contributed by atoms with Crippen molar-refractivity contribution in [2.45, 2.75) is 6.18 Å². The van der Waals surface area contributed by atoms with Crippen molar-refractivity contribution < 1.29 is 17.9 Å². The number of hydrogen-bond acceptors (Lipinski definition) is 2. The zero-order chi connectivity index (χ0) is 9.90.